The fourth-order valence-corrected chi connectivity index (χ4v) is 2.14. The van der Waals surface area contributed by atoms with Gasteiger partial charge in [0, 0.05) is 5.56 Å². The first kappa shape index (κ1) is 16.4. The average molecular weight is 302 g/mol. The summed E-state index contributed by atoms with van der Waals surface area (Å²) in [6.07, 6.45) is 6.14. The minimum Gasteiger partial charge on any atom is -0.490 e. The first-order valence-electron chi connectivity index (χ1n) is 7.81. The Balaban J connectivity index is 1.76. The molecule has 0 saturated heterocycles. The van der Waals surface area contributed by atoms with Crippen molar-refractivity contribution in [2.45, 2.75) is 45.7 Å². The predicted molar refractivity (Wildman–Crippen MR) is 86.7 cm³/mol. The van der Waals surface area contributed by atoms with E-state index in [4.69, 9.17) is 4.74 Å². The van der Waals surface area contributed by atoms with E-state index in [0.29, 0.717) is 24.6 Å². The van der Waals surface area contributed by atoms with Crippen molar-refractivity contribution in [2.24, 2.45) is 0 Å². The highest BCUT2D eigenvalue weighted by Gasteiger charge is 2.02. The number of halogens is 1. The van der Waals surface area contributed by atoms with E-state index >= 15 is 0 Å². The van der Waals surface area contributed by atoms with Crippen LogP contribution in [0.1, 0.15) is 38.2 Å². The van der Waals surface area contributed by atoms with Crippen LogP contribution in [0.15, 0.2) is 36.7 Å². The number of nitrogens with zero attached hydrogens (tertiary/aromatic N) is 2. The second-order valence-electron chi connectivity index (χ2n) is 5.59. The number of ether oxygens (including phenoxy) is 1. The largest absolute Gasteiger partial charge is 0.490 e. The molecule has 0 aliphatic rings. The molecule has 0 aliphatic carbocycles. The Morgan fingerprint density at radius 1 is 1.05 bits per heavy atom. The summed E-state index contributed by atoms with van der Waals surface area (Å²) in [7, 11) is 0. The molecule has 0 unspecified atom stereocenters. The Hall–Kier alpha value is -1.97. The van der Waals surface area contributed by atoms with Crippen LogP contribution in [-0.4, -0.2) is 22.7 Å². The summed E-state index contributed by atoms with van der Waals surface area (Å²) < 4.78 is 18.2. The Bertz CT molecular complexity index is 552. The second kappa shape index (κ2) is 8.47. The van der Waals surface area contributed by atoms with Gasteiger partial charge >= 0.3 is 0 Å². The summed E-state index contributed by atoms with van der Waals surface area (Å²) in [5.74, 6) is 1.37. The molecule has 0 fully saturated rings. The number of rotatable bonds is 8. The van der Waals surface area contributed by atoms with Gasteiger partial charge in [-0.2, -0.15) is 0 Å². The van der Waals surface area contributed by atoms with Crippen LogP contribution >= 0.6 is 0 Å². The van der Waals surface area contributed by atoms with Crippen molar-refractivity contribution in [3.8, 4) is 17.1 Å². The summed E-state index contributed by atoms with van der Waals surface area (Å²) in [4.78, 5) is 8.66. The van der Waals surface area contributed by atoms with Crippen molar-refractivity contribution < 1.29 is 9.13 Å². The number of alkyl halides is 1. The molecule has 4 heteroatoms. The van der Waals surface area contributed by atoms with Crippen LogP contribution in [0.2, 0.25) is 0 Å². The van der Waals surface area contributed by atoms with Gasteiger partial charge in [-0.05, 0) is 33.1 Å². The van der Waals surface area contributed by atoms with Crippen molar-refractivity contribution in [3.05, 3.63) is 42.2 Å². The number of aromatic nitrogens is 2. The molecular formula is C18H23FN2O. The van der Waals surface area contributed by atoms with E-state index in [9.17, 15) is 4.39 Å². The maximum Gasteiger partial charge on any atom is 0.159 e. The molecule has 0 radical (unpaired) electrons. The molecule has 0 N–H and O–H groups in total. The smallest absolute Gasteiger partial charge is 0.159 e. The average Bonchev–Trinajstić information content (AvgIpc) is 2.52. The second-order valence-corrected chi connectivity index (χ2v) is 5.59. The zero-order chi connectivity index (χ0) is 15.8. The van der Waals surface area contributed by atoms with Gasteiger partial charge in [0.1, 0.15) is 0 Å². The normalized spacial score (nSPS) is 12.1. The lowest BCUT2D eigenvalue weighted by molar-refractivity contribution is 0.291. The molecule has 0 spiro atoms. The van der Waals surface area contributed by atoms with E-state index in [0.717, 1.165) is 24.8 Å². The van der Waals surface area contributed by atoms with Gasteiger partial charge in [0.25, 0.3) is 0 Å². The highest BCUT2D eigenvalue weighted by Crippen LogP contribution is 2.17. The van der Waals surface area contributed by atoms with E-state index in [1.807, 2.05) is 24.3 Å². The van der Waals surface area contributed by atoms with Crippen LogP contribution in [-0.2, 0) is 0 Å². The summed E-state index contributed by atoms with van der Waals surface area (Å²) in [5.41, 5.74) is 2.21. The van der Waals surface area contributed by atoms with Crippen LogP contribution in [0.25, 0.3) is 11.4 Å². The number of aryl methyl sites for hydroxylation is 1. The van der Waals surface area contributed by atoms with E-state index in [-0.39, 0.29) is 0 Å². The summed E-state index contributed by atoms with van der Waals surface area (Å²) in [5, 5.41) is 0. The van der Waals surface area contributed by atoms with Gasteiger partial charge in [-0.3, -0.25) is 0 Å². The monoisotopic (exact) mass is 302 g/mol. The van der Waals surface area contributed by atoms with Crippen LogP contribution in [0.5, 0.6) is 5.75 Å². The number of unbranched alkanes of at least 4 members (excludes halogenated alkanes) is 2. The third-order valence-electron chi connectivity index (χ3n) is 3.45. The van der Waals surface area contributed by atoms with E-state index < -0.39 is 6.17 Å². The summed E-state index contributed by atoms with van der Waals surface area (Å²) in [6.45, 7) is 4.27. The highest BCUT2D eigenvalue weighted by molar-refractivity contribution is 5.55. The summed E-state index contributed by atoms with van der Waals surface area (Å²) >= 11 is 0. The third kappa shape index (κ3) is 5.43. The van der Waals surface area contributed by atoms with E-state index in [1.54, 1.807) is 19.3 Å². The Kier molecular flexibility index (Phi) is 6.31. The molecule has 1 aromatic heterocycles. The minimum atomic E-state index is -0.705. The predicted octanol–water partition coefficient (Wildman–Crippen LogP) is 4.75. The third-order valence-corrected chi connectivity index (χ3v) is 3.45. The number of benzene rings is 1. The molecule has 2 rings (SSSR count). The molecule has 1 heterocycles. The highest BCUT2D eigenvalue weighted by atomic mass is 19.1. The molecule has 118 valence electrons. The van der Waals surface area contributed by atoms with Crippen molar-refractivity contribution >= 4 is 0 Å². The first-order chi connectivity index (χ1) is 10.6. The fraction of sp³-hybridized carbons (Fsp3) is 0.444. The van der Waals surface area contributed by atoms with Gasteiger partial charge in [-0.15, -0.1) is 0 Å². The van der Waals surface area contributed by atoms with Gasteiger partial charge in [-0.1, -0.05) is 36.2 Å². The van der Waals surface area contributed by atoms with E-state index in [2.05, 4.69) is 16.9 Å². The van der Waals surface area contributed by atoms with E-state index in [1.165, 1.54) is 5.56 Å². The Morgan fingerprint density at radius 2 is 1.73 bits per heavy atom. The van der Waals surface area contributed by atoms with Crippen LogP contribution in [0, 0.1) is 6.92 Å². The molecule has 0 amide bonds. The van der Waals surface area contributed by atoms with Crippen LogP contribution < -0.4 is 4.74 Å². The number of hydrogen-bond acceptors (Lipinski definition) is 3. The molecule has 0 saturated carbocycles. The molecule has 3 nitrogen and oxygen atoms in total. The van der Waals surface area contributed by atoms with Crippen LogP contribution in [0.4, 0.5) is 4.39 Å². The van der Waals surface area contributed by atoms with Crippen molar-refractivity contribution in [1.29, 1.82) is 0 Å². The van der Waals surface area contributed by atoms with Gasteiger partial charge in [0.15, 0.2) is 11.6 Å². The lowest BCUT2D eigenvalue weighted by Crippen LogP contribution is -2.00. The maximum atomic E-state index is 12.6. The van der Waals surface area contributed by atoms with Crippen molar-refractivity contribution in [2.75, 3.05) is 6.61 Å². The summed E-state index contributed by atoms with van der Waals surface area (Å²) in [6, 6.07) is 8.11. The maximum absolute atomic E-state index is 12.6. The molecular weight excluding hydrogens is 279 g/mol. The van der Waals surface area contributed by atoms with Gasteiger partial charge in [0.05, 0.1) is 25.2 Å². The first-order valence-corrected chi connectivity index (χ1v) is 7.81. The molecule has 2 aromatic rings. The zero-order valence-corrected chi connectivity index (χ0v) is 13.3. The molecule has 1 atom stereocenters. The Labute approximate surface area is 131 Å². The zero-order valence-electron chi connectivity index (χ0n) is 13.3. The molecule has 0 aliphatic heterocycles. The van der Waals surface area contributed by atoms with Gasteiger partial charge < -0.3 is 4.74 Å². The minimum absolute atomic E-state index is 0.619. The van der Waals surface area contributed by atoms with Crippen molar-refractivity contribution in [3.63, 3.8) is 0 Å². The topological polar surface area (TPSA) is 35.0 Å². The molecule has 22 heavy (non-hydrogen) atoms. The molecule has 1 aromatic carbocycles. The quantitative estimate of drug-likeness (QED) is 0.660. The lowest BCUT2D eigenvalue weighted by Gasteiger charge is -2.06. The van der Waals surface area contributed by atoms with Crippen molar-refractivity contribution in [1.82, 2.24) is 9.97 Å². The molecule has 0 bridgehead atoms. The van der Waals surface area contributed by atoms with Crippen LogP contribution in [0.3, 0.4) is 0 Å². The Morgan fingerprint density at radius 3 is 2.36 bits per heavy atom. The fourth-order valence-electron chi connectivity index (χ4n) is 2.14. The van der Waals surface area contributed by atoms with Gasteiger partial charge in [0.2, 0.25) is 0 Å². The van der Waals surface area contributed by atoms with Gasteiger partial charge in [-0.25, -0.2) is 14.4 Å². The SMILES string of the molecule is Cc1ccc(-c2ncc(OCCCCC[C@@H](C)F)cn2)cc1. The lowest BCUT2D eigenvalue weighted by atomic mass is 10.1. The number of hydrogen-bond donors (Lipinski definition) is 0. The standard InChI is InChI=1S/C18H23FN2O/c1-14-7-9-16(10-8-14)18-20-12-17(13-21-18)22-11-5-3-4-6-15(2)19/h7-10,12-13,15H,3-6,11H2,1-2H3/t15-/m1/s1.